The first kappa shape index (κ1) is 26.2. The van der Waals surface area contributed by atoms with E-state index in [0.717, 1.165) is 0 Å². The van der Waals surface area contributed by atoms with E-state index in [1.54, 1.807) is 30.3 Å². The van der Waals surface area contributed by atoms with E-state index in [9.17, 15) is 18.9 Å². The SMILES string of the molecule is COC(=O)CCNP(=O)(OC[C@H]1O[C@@H](n2cc(C)c(=O)[nH]c2=O)C[C@@H]1N=[N+]=[N-])Oc1ccccc1. The molecule has 1 saturated heterocycles. The van der Waals surface area contributed by atoms with Gasteiger partial charge >= 0.3 is 19.4 Å². The molecule has 0 radical (unpaired) electrons. The number of carbonyl (C=O) groups is 1. The average Bonchev–Trinajstić information content (AvgIpc) is 3.23. The maximum absolute atomic E-state index is 13.4. The molecule has 2 heterocycles. The molecule has 2 N–H and O–H groups in total. The van der Waals surface area contributed by atoms with Gasteiger partial charge in [0, 0.05) is 29.6 Å². The number of hydrogen-bond donors (Lipinski definition) is 2. The summed E-state index contributed by atoms with van der Waals surface area (Å²) in [5.41, 5.74) is 8.05. The van der Waals surface area contributed by atoms with Gasteiger partial charge in [-0.05, 0) is 24.6 Å². The predicted molar refractivity (Wildman–Crippen MR) is 123 cm³/mol. The Balaban J connectivity index is 1.76. The minimum absolute atomic E-state index is 0.0588. The highest BCUT2D eigenvalue weighted by Gasteiger charge is 2.39. The average molecular weight is 508 g/mol. The highest BCUT2D eigenvalue weighted by atomic mass is 31.2. The van der Waals surface area contributed by atoms with Gasteiger partial charge in [0.25, 0.3) is 5.56 Å². The first-order valence-electron chi connectivity index (χ1n) is 10.6. The molecular weight excluding hydrogens is 483 g/mol. The van der Waals surface area contributed by atoms with Crippen molar-refractivity contribution < 1.29 is 27.9 Å². The summed E-state index contributed by atoms with van der Waals surface area (Å²) in [7, 11) is -2.78. The lowest BCUT2D eigenvalue weighted by Crippen LogP contribution is -2.33. The molecular formula is C20H25N6O8P. The van der Waals surface area contributed by atoms with E-state index in [0.29, 0.717) is 5.56 Å². The Labute approximate surface area is 199 Å². The molecule has 35 heavy (non-hydrogen) atoms. The third-order valence-corrected chi connectivity index (χ3v) is 6.65. The number of nitrogens with zero attached hydrogens (tertiary/aromatic N) is 4. The highest BCUT2D eigenvalue weighted by molar-refractivity contribution is 7.52. The van der Waals surface area contributed by atoms with Gasteiger partial charge in [0.2, 0.25) is 0 Å². The van der Waals surface area contributed by atoms with Crippen LogP contribution in [0.15, 0.2) is 51.2 Å². The molecule has 0 spiro atoms. The van der Waals surface area contributed by atoms with Crippen LogP contribution < -0.4 is 20.9 Å². The maximum Gasteiger partial charge on any atom is 0.458 e. The zero-order valence-electron chi connectivity index (χ0n) is 19.0. The Morgan fingerprint density at radius 2 is 2.11 bits per heavy atom. The second-order valence-electron chi connectivity index (χ2n) is 7.55. The van der Waals surface area contributed by atoms with Crippen molar-refractivity contribution in [2.75, 3.05) is 20.3 Å². The maximum atomic E-state index is 13.4. The van der Waals surface area contributed by atoms with E-state index < -0.39 is 43.3 Å². The van der Waals surface area contributed by atoms with Gasteiger partial charge in [-0.3, -0.25) is 23.7 Å². The summed E-state index contributed by atoms with van der Waals surface area (Å²) in [5, 5.41) is 6.31. The summed E-state index contributed by atoms with van der Waals surface area (Å²) >= 11 is 0. The molecule has 0 bridgehead atoms. The van der Waals surface area contributed by atoms with E-state index in [2.05, 4.69) is 24.8 Å². The van der Waals surface area contributed by atoms with Gasteiger partial charge in [-0.1, -0.05) is 23.3 Å². The number of rotatable bonds is 11. The van der Waals surface area contributed by atoms with Crippen molar-refractivity contribution in [1.82, 2.24) is 14.6 Å². The first-order valence-corrected chi connectivity index (χ1v) is 12.1. The van der Waals surface area contributed by atoms with Crippen molar-refractivity contribution >= 4 is 13.7 Å². The van der Waals surface area contributed by atoms with Crippen molar-refractivity contribution in [2.24, 2.45) is 5.11 Å². The van der Waals surface area contributed by atoms with Crippen molar-refractivity contribution in [3.05, 3.63) is 73.4 Å². The number of para-hydroxylation sites is 1. The molecule has 0 saturated carbocycles. The Morgan fingerprint density at radius 3 is 2.80 bits per heavy atom. The Morgan fingerprint density at radius 1 is 1.37 bits per heavy atom. The lowest BCUT2D eigenvalue weighted by atomic mass is 10.1. The Hall–Kier alpha value is -3.41. The molecule has 4 atom stereocenters. The molecule has 1 fully saturated rings. The molecule has 188 valence electrons. The number of benzene rings is 1. The van der Waals surface area contributed by atoms with Crippen LogP contribution in [-0.4, -0.2) is 47.9 Å². The smallest absolute Gasteiger partial charge is 0.458 e. The predicted octanol–water partition coefficient (Wildman–Crippen LogP) is 2.17. The molecule has 1 aromatic heterocycles. The number of H-pyrrole nitrogens is 1. The fourth-order valence-electron chi connectivity index (χ4n) is 3.32. The van der Waals surface area contributed by atoms with E-state index in [4.69, 9.17) is 19.3 Å². The molecule has 0 aliphatic carbocycles. The fraction of sp³-hybridized carbons (Fsp3) is 0.450. The van der Waals surface area contributed by atoms with Gasteiger partial charge in [-0.25, -0.2) is 14.4 Å². The molecule has 3 rings (SSSR count). The van der Waals surface area contributed by atoms with Crippen LogP contribution in [0.4, 0.5) is 0 Å². The number of hydrogen-bond acceptors (Lipinski definition) is 9. The summed E-state index contributed by atoms with van der Waals surface area (Å²) in [6.45, 7) is 1.15. The molecule has 1 aliphatic rings. The van der Waals surface area contributed by atoms with Crippen LogP contribution in [0.1, 0.15) is 24.6 Å². The van der Waals surface area contributed by atoms with Gasteiger partial charge in [0.05, 0.1) is 32.3 Å². The number of ether oxygens (including phenoxy) is 2. The summed E-state index contributed by atoms with van der Waals surface area (Å²) in [4.78, 5) is 40.4. The highest BCUT2D eigenvalue weighted by Crippen LogP contribution is 2.45. The number of aromatic amines is 1. The van der Waals surface area contributed by atoms with Crippen molar-refractivity contribution in [3.8, 4) is 5.75 Å². The summed E-state index contributed by atoms with van der Waals surface area (Å²) in [6, 6.07) is 7.51. The van der Waals surface area contributed by atoms with Crippen molar-refractivity contribution in [3.63, 3.8) is 0 Å². The zero-order chi connectivity index (χ0) is 25.4. The van der Waals surface area contributed by atoms with Gasteiger partial charge in [-0.15, -0.1) is 0 Å². The lowest BCUT2D eigenvalue weighted by molar-refractivity contribution is -0.140. The van der Waals surface area contributed by atoms with E-state index in [1.165, 1.54) is 24.8 Å². The van der Waals surface area contributed by atoms with Crippen LogP contribution in [0.5, 0.6) is 5.75 Å². The van der Waals surface area contributed by atoms with Gasteiger partial charge in [-0.2, -0.15) is 0 Å². The summed E-state index contributed by atoms with van der Waals surface area (Å²) < 4.78 is 36.2. The molecule has 15 heteroatoms. The van der Waals surface area contributed by atoms with Crippen LogP contribution in [0.3, 0.4) is 0 Å². The third-order valence-electron chi connectivity index (χ3n) is 5.10. The molecule has 0 amide bonds. The number of carbonyl (C=O) groups excluding carboxylic acids is 1. The van der Waals surface area contributed by atoms with E-state index in [1.807, 2.05) is 0 Å². The van der Waals surface area contributed by atoms with E-state index in [-0.39, 0.29) is 31.7 Å². The third kappa shape index (κ3) is 7.04. The van der Waals surface area contributed by atoms with Crippen LogP contribution in [0.25, 0.3) is 10.4 Å². The topological polar surface area (TPSA) is 187 Å². The largest absolute Gasteiger partial charge is 0.469 e. The molecule has 14 nitrogen and oxygen atoms in total. The monoisotopic (exact) mass is 508 g/mol. The Bertz CT molecular complexity index is 1240. The van der Waals surface area contributed by atoms with Crippen LogP contribution in [0, 0.1) is 6.92 Å². The quantitative estimate of drug-likeness (QED) is 0.151. The first-order chi connectivity index (χ1) is 16.7. The van der Waals surface area contributed by atoms with Crippen molar-refractivity contribution in [2.45, 2.75) is 38.1 Å². The van der Waals surface area contributed by atoms with Crippen LogP contribution in [-0.2, 0) is 23.4 Å². The second-order valence-corrected chi connectivity index (χ2v) is 9.30. The van der Waals surface area contributed by atoms with Gasteiger partial charge < -0.3 is 14.0 Å². The van der Waals surface area contributed by atoms with Crippen LogP contribution in [0.2, 0.25) is 0 Å². The molecule has 2 aromatic rings. The normalized spacial score (nSPS) is 21.0. The number of methoxy groups -OCH3 is 1. The van der Waals surface area contributed by atoms with Gasteiger partial charge in [0.1, 0.15) is 12.0 Å². The standard InChI is InChI=1S/C20H25N6O8P/c1-13-11-26(20(29)23-19(13)28)17-10-15(24-25-21)16(33-17)12-32-35(30,22-9-8-18(27)31-2)34-14-6-4-3-5-7-14/h3-7,11,15-17H,8-10,12H2,1-2H3,(H,22,30)(H,23,28,29)/t15-,16+,17+,35?/m0/s1. The minimum Gasteiger partial charge on any atom is -0.469 e. The molecule has 1 aliphatic heterocycles. The Kier molecular flexibility index (Phi) is 8.85. The molecule has 1 unspecified atom stereocenters. The van der Waals surface area contributed by atoms with E-state index >= 15 is 0 Å². The number of azide groups is 1. The number of aryl methyl sites for hydroxylation is 1. The fourth-order valence-corrected chi connectivity index (χ4v) is 4.65. The number of esters is 1. The lowest BCUT2D eigenvalue weighted by Gasteiger charge is -2.23. The zero-order valence-corrected chi connectivity index (χ0v) is 19.9. The van der Waals surface area contributed by atoms with Crippen LogP contribution >= 0.6 is 7.75 Å². The second kappa shape index (κ2) is 11.8. The molecule has 1 aromatic carbocycles. The minimum atomic E-state index is -4.01. The van der Waals surface area contributed by atoms with Crippen molar-refractivity contribution in [1.29, 1.82) is 0 Å². The number of aromatic nitrogens is 2. The number of nitrogens with one attached hydrogen (secondary N) is 2. The summed E-state index contributed by atoms with van der Waals surface area (Å²) in [6.07, 6.45) is -0.364. The summed E-state index contributed by atoms with van der Waals surface area (Å²) in [5.74, 6) is -0.260. The van der Waals surface area contributed by atoms with Gasteiger partial charge in [0.15, 0.2) is 0 Å².